The quantitative estimate of drug-likeness (QED) is 0.185. The maximum atomic E-state index is 13.3. The molecule has 0 spiro atoms. The van der Waals surface area contributed by atoms with E-state index in [9.17, 15) is 18.0 Å². The zero-order chi connectivity index (χ0) is 31.7. The number of urea groups is 1. The number of primary sulfonamides is 1. The first-order chi connectivity index (χ1) is 21.0. The van der Waals surface area contributed by atoms with Crippen molar-refractivity contribution in [2.45, 2.75) is 50.2 Å². The van der Waals surface area contributed by atoms with E-state index in [1.807, 2.05) is 20.0 Å². The van der Waals surface area contributed by atoms with Gasteiger partial charge in [0.25, 0.3) is 0 Å². The van der Waals surface area contributed by atoms with Crippen molar-refractivity contribution in [1.82, 2.24) is 15.1 Å². The summed E-state index contributed by atoms with van der Waals surface area (Å²) in [5, 5.41) is 19.2. The second kappa shape index (κ2) is 15.0. The van der Waals surface area contributed by atoms with Gasteiger partial charge in [0.15, 0.2) is 0 Å². The zero-order valence-electron chi connectivity index (χ0n) is 25.1. The fraction of sp³-hybridized carbons (Fsp3) is 0.344. The van der Waals surface area contributed by atoms with Crippen molar-refractivity contribution >= 4 is 33.7 Å². The highest BCUT2D eigenvalue weighted by molar-refractivity contribution is 7.89. The second-order valence-corrected chi connectivity index (χ2v) is 12.5. The zero-order valence-corrected chi connectivity index (χ0v) is 25.9. The SMILES string of the molecule is CCCCN(Cc1cccc(C(=N)NC(=O)OC2CCN(C)CC2)c1)C(=O)Nc1ccc(-c2ccccc2S(N)(=O)=O)cc1. The number of amidine groups is 1. The number of likely N-dealkylation sites (tertiary alicyclic amines) is 1. The monoisotopic (exact) mass is 620 g/mol. The van der Waals surface area contributed by atoms with Gasteiger partial charge >= 0.3 is 12.1 Å². The molecule has 1 heterocycles. The molecule has 234 valence electrons. The lowest BCUT2D eigenvalue weighted by molar-refractivity contribution is 0.0602. The lowest BCUT2D eigenvalue weighted by atomic mass is 10.1. The van der Waals surface area contributed by atoms with E-state index in [-0.39, 0.29) is 22.9 Å². The first-order valence-electron chi connectivity index (χ1n) is 14.7. The van der Waals surface area contributed by atoms with Crippen molar-refractivity contribution in [2.75, 3.05) is 32.0 Å². The highest BCUT2D eigenvalue weighted by Gasteiger charge is 2.21. The summed E-state index contributed by atoms with van der Waals surface area (Å²) < 4.78 is 29.5. The number of carbonyl (C=O) groups is 2. The Labute approximate surface area is 258 Å². The topological polar surface area (TPSA) is 158 Å². The minimum absolute atomic E-state index is 0.0298. The molecule has 3 amide bonds. The van der Waals surface area contributed by atoms with Crippen molar-refractivity contribution in [3.05, 3.63) is 83.9 Å². The van der Waals surface area contributed by atoms with Crippen molar-refractivity contribution in [1.29, 1.82) is 5.41 Å². The number of piperidine rings is 1. The molecule has 44 heavy (non-hydrogen) atoms. The molecular formula is C32H40N6O5S. The first kappa shape index (κ1) is 32.6. The van der Waals surface area contributed by atoms with Crippen LogP contribution in [0, 0.1) is 5.41 Å². The third-order valence-corrected chi connectivity index (χ3v) is 8.43. The molecule has 0 aromatic heterocycles. The van der Waals surface area contributed by atoms with E-state index in [1.165, 1.54) is 6.07 Å². The van der Waals surface area contributed by atoms with Gasteiger partial charge < -0.3 is 19.9 Å². The number of nitrogens with zero attached hydrogens (tertiary/aromatic N) is 2. The average molecular weight is 621 g/mol. The Balaban J connectivity index is 1.40. The number of ether oxygens (including phenoxy) is 1. The molecule has 12 heteroatoms. The molecule has 1 fully saturated rings. The van der Waals surface area contributed by atoms with E-state index in [1.54, 1.807) is 65.6 Å². The Kier molecular flexibility index (Phi) is 11.1. The third-order valence-electron chi connectivity index (χ3n) is 7.47. The van der Waals surface area contributed by atoms with Gasteiger partial charge in [-0.3, -0.25) is 10.7 Å². The van der Waals surface area contributed by atoms with Crippen LogP contribution < -0.4 is 15.8 Å². The van der Waals surface area contributed by atoms with Gasteiger partial charge in [0.1, 0.15) is 11.9 Å². The number of hydrogen-bond donors (Lipinski definition) is 4. The van der Waals surface area contributed by atoms with Crippen LogP contribution in [0.5, 0.6) is 0 Å². The molecule has 3 aromatic carbocycles. The van der Waals surface area contributed by atoms with E-state index < -0.39 is 16.1 Å². The standard InChI is InChI=1S/C32H40N6O5S/c1-3-4-18-38(31(39)35-26-14-12-24(13-15-26)28-10-5-6-11-29(28)44(34,41)42)22-23-8-7-9-25(21-23)30(33)36-32(40)43-27-16-19-37(2)20-17-27/h5-15,21,27H,3-4,16-20,22H2,1-2H3,(H,35,39)(H2,33,36,40)(H2,34,41,42). The summed E-state index contributed by atoms with van der Waals surface area (Å²) >= 11 is 0. The summed E-state index contributed by atoms with van der Waals surface area (Å²) in [5.41, 5.74) is 3.00. The maximum Gasteiger partial charge on any atom is 0.413 e. The van der Waals surface area contributed by atoms with Crippen molar-refractivity contribution in [2.24, 2.45) is 5.14 Å². The average Bonchev–Trinajstić information content (AvgIpc) is 3.00. The van der Waals surface area contributed by atoms with Gasteiger partial charge in [0, 0.05) is 43.0 Å². The fourth-order valence-corrected chi connectivity index (χ4v) is 5.75. The summed E-state index contributed by atoms with van der Waals surface area (Å²) in [5.74, 6) is -0.0709. The van der Waals surface area contributed by atoms with Crippen molar-refractivity contribution < 1.29 is 22.7 Å². The van der Waals surface area contributed by atoms with Gasteiger partial charge in [-0.25, -0.2) is 23.1 Å². The van der Waals surface area contributed by atoms with E-state index in [0.29, 0.717) is 35.5 Å². The molecular weight excluding hydrogens is 580 g/mol. The number of nitrogens with two attached hydrogens (primary N) is 1. The van der Waals surface area contributed by atoms with Gasteiger partial charge in [0.2, 0.25) is 10.0 Å². The van der Waals surface area contributed by atoms with Crippen LogP contribution in [0.15, 0.2) is 77.7 Å². The Hall–Kier alpha value is -4.26. The lowest BCUT2D eigenvalue weighted by Gasteiger charge is -2.28. The molecule has 1 saturated heterocycles. The highest BCUT2D eigenvalue weighted by Crippen LogP contribution is 2.27. The molecule has 0 bridgehead atoms. The van der Waals surface area contributed by atoms with Crippen LogP contribution in [-0.4, -0.2) is 69.0 Å². The first-order valence-corrected chi connectivity index (χ1v) is 16.2. The minimum Gasteiger partial charge on any atom is -0.446 e. The lowest BCUT2D eigenvalue weighted by Crippen LogP contribution is -2.39. The van der Waals surface area contributed by atoms with Crippen LogP contribution in [0.4, 0.5) is 15.3 Å². The summed E-state index contributed by atoms with van der Waals surface area (Å²) in [6.45, 7) is 4.59. The molecule has 0 aliphatic carbocycles. The molecule has 0 unspecified atom stereocenters. The predicted molar refractivity (Wildman–Crippen MR) is 171 cm³/mol. The summed E-state index contributed by atoms with van der Waals surface area (Å²) in [4.78, 5) is 29.6. The third kappa shape index (κ3) is 9.12. The highest BCUT2D eigenvalue weighted by atomic mass is 32.2. The molecule has 1 aliphatic heterocycles. The molecule has 4 rings (SSSR count). The van der Waals surface area contributed by atoms with E-state index in [4.69, 9.17) is 15.3 Å². The van der Waals surface area contributed by atoms with Crippen LogP contribution in [0.3, 0.4) is 0 Å². The van der Waals surface area contributed by atoms with Crippen molar-refractivity contribution in [3.8, 4) is 11.1 Å². The number of hydrogen-bond acceptors (Lipinski definition) is 7. The number of anilines is 1. The van der Waals surface area contributed by atoms with E-state index >= 15 is 0 Å². The summed E-state index contributed by atoms with van der Waals surface area (Å²) in [7, 11) is -1.87. The number of benzene rings is 3. The molecule has 0 radical (unpaired) electrons. The molecule has 1 aliphatic rings. The number of unbranched alkanes of at least 4 members (excludes halogenated alkanes) is 1. The molecule has 3 aromatic rings. The van der Waals surface area contributed by atoms with Gasteiger partial charge in [-0.1, -0.05) is 61.9 Å². The van der Waals surface area contributed by atoms with Gasteiger partial charge in [-0.05, 0) is 61.7 Å². The van der Waals surface area contributed by atoms with Gasteiger partial charge in [-0.15, -0.1) is 0 Å². The summed E-state index contributed by atoms with van der Waals surface area (Å²) in [6.07, 6.45) is 2.42. The Morgan fingerprint density at radius 3 is 2.43 bits per heavy atom. The van der Waals surface area contributed by atoms with Crippen LogP contribution in [-0.2, 0) is 21.3 Å². The second-order valence-electron chi connectivity index (χ2n) is 10.9. The van der Waals surface area contributed by atoms with Gasteiger partial charge in [0.05, 0.1) is 4.90 Å². The largest absolute Gasteiger partial charge is 0.446 e. The van der Waals surface area contributed by atoms with Crippen LogP contribution in [0.2, 0.25) is 0 Å². The number of nitrogens with one attached hydrogen (secondary N) is 3. The molecule has 5 N–H and O–H groups in total. The Morgan fingerprint density at radius 1 is 1.05 bits per heavy atom. The van der Waals surface area contributed by atoms with Gasteiger partial charge in [-0.2, -0.15) is 0 Å². The number of sulfonamides is 1. The van der Waals surface area contributed by atoms with Crippen LogP contribution in [0.1, 0.15) is 43.7 Å². The molecule has 11 nitrogen and oxygen atoms in total. The number of carbonyl (C=O) groups excluding carboxylic acids is 2. The number of rotatable bonds is 10. The Bertz CT molecular complexity index is 1570. The molecule has 0 saturated carbocycles. The molecule has 0 atom stereocenters. The van der Waals surface area contributed by atoms with Crippen LogP contribution in [0.25, 0.3) is 11.1 Å². The van der Waals surface area contributed by atoms with Crippen LogP contribution >= 0.6 is 0 Å². The Morgan fingerprint density at radius 2 is 1.75 bits per heavy atom. The van der Waals surface area contributed by atoms with Crippen molar-refractivity contribution in [3.63, 3.8) is 0 Å². The predicted octanol–water partition coefficient (Wildman–Crippen LogP) is 4.98. The fourth-order valence-electron chi connectivity index (χ4n) is 4.99. The smallest absolute Gasteiger partial charge is 0.413 e. The number of alkyl carbamates (subject to hydrolysis) is 1. The minimum atomic E-state index is -3.90. The number of amides is 3. The normalized spacial score (nSPS) is 14.1. The maximum absolute atomic E-state index is 13.3. The summed E-state index contributed by atoms with van der Waals surface area (Å²) in [6, 6.07) is 20.3. The van der Waals surface area contributed by atoms with E-state index in [0.717, 1.165) is 44.3 Å². The van der Waals surface area contributed by atoms with E-state index in [2.05, 4.69) is 15.5 Å².